The van der Waals surface area contributed by atoms with Crippen molar-refractivity contribution in [1.82, 2.24) is 0 Å². The second-order valence-corrected chi connectivity index (χ2v) is 7.43. The molecule has 0 saturated heterocycles. The molecular formula is C22H42O4. The van der Waals surface area contributed by atoms with Crippen LogP contribution in [-0.2, 0) is 14.2 Å². The zero-order valence-electron chi connectivity index (χ0n) is 17.1. The fourth-order valence-corrected chi connectivity index (χ4v) is 3.24. The highest BCUT2D eigenvalue weighted by molar-refractivity contribution is 4.92. The van der Waals surface area contributed by atoms with E-state index in [1.54, 1.807) is 6.26 Å². The van der Waals surface area contributed by atoms with Crippen LogP contribution in [0, 0.1) is 0 Å². The van der Waals surface area contributed by atoms with E-state index in [0.717, 1.165) is 18.6 Å². The maximum absolute atomic E-state index is 8.70. The van der Waals surface area contributed by atoms with Crippen molar-refractivity contribution < 1.29 is 19.3 Å². The molecule has 0 radical (unpaired) electrons. The fraction of sp³-hybridized carbons (Fsp3) is 0.909. The molecule has 1 N–H and O–H groups in total. The summed E-state index contributed by atoms with van der Waals surface area (Å²) in [5, 5.41) is 8.70. The van der Waals surface area contributed by atoms with Gasteiger partial charge in [-0.3, -0.25) is 0 Å². The van der Waals surface area contributed by atoms with Crippen molar-refractivity contribution in [3.8, 4) is 0 Å². The Bertz CT molecular complexity index is 330. The Kier molecular flexibility index (Phi) is 15.8. The molecule has 1 unspecified atom stereocenters. The van der Waals surface area contributed by atoms with Gasteiger partial charge in [0.1, 0.15) is 12.9 Å². The van der Waals surface area contributed by atoms with Crippen molar-refractivity contribution in [2.45, 2.75) is 110 Å². The third kappa shape index (κ3) is 13.5. The molecule has 154 valence electrons. The van der Waals surface area contributed by atoms with Gasteiger partial charge in [-0.2, -0.15) is 0 Å². The summed E-state index contributed by atoms with van der Waals surface area (Å²) in [7, 11) is 0. The van der Waals surface area contributed by atoms with Gasteiger partial charge in [0, 0.05) is 19.6 Å². The molecule has 0 aromatic rings. The van der Waals surface area contributed by atoms with Gasteiger partial charge in [0.05, 0.1) is 0 Å². The summed E-state index contributed by atoms with van der Waals surface area (Å²) in [5.41, 5.74) is 0. The van der Waals surface area contributed by atoms with Gasteiger partial charge in [-0.25, -0.2) is 0 Å². The summed E-state index contributed by atoms with van der Waals surface area (Å²) in [4.78, 5) is 0. The number of rotatable bonds is 19. The van der Waals surface area contributed by atoms with Crippen LogP contribution < -0.4 is 0 Å². The summed E-state index contributed by atoms with van der Waals surface area (Å²) >= 11 is 0. The van der Waals surface area contributed by atoms with Crippen LogP contribution in [0.5, 0.6) is 0 Å². The SMILES string of the molecule is CCCCCCCCCCCCCCCC1OC=C(COCCCO)O1. The molecule has 0 aromatic heterocycles. The molecule has 0 aliphatic carbocycles. The van der Waals surface area contributed by atoms with E-state index in [4.69, 9.17) is 19.3 Å². The molecule has 1 aliphatic rings. The van der Waals surface area contributed by atoms with Crippen LogP contribution in [0.3, 0.4) is 0 Å². The Labute approximate surface area is 161 Å². The van der Waals surface area contributed by atoms with Gasteiger partial charge in [0.25, 0.3) is 0 Å². The highest BCUT2D eigenvalue weighted by Crippen LogP contribution is 2.20. The number of hydrogen-bond acceptors (Lipinski definition) is 4. The summed E-state index contributed by atoms with van der Waals surface area (Å²) in [5.74, 6) is 0.766. The molecule has 26 heavy (non-hydrogen) atoms. The quantitative estimate of drug-likeness (QED) is 0.280. The van der Waals surface area contributed by atoms with E-state index in [0.29, 0.717) is 19.6 Å². The maximum Gasteiger partial charge on any atom is 0.240 e. The van der Waals surface area contributed by atoms with Crippen LogP contribution in [0.25, 0.3) is 0 Å². The predicted octanol–water partition coefficient (Wildman–Crippen LogP) is 6.08. The van der Waals surface area contributed by atoms with Gasteiger partial charge in [0.2, 0.25) is 6.29 Å². The molecule has 1 rings (SSSR count). The average Bonchev–Trinajstić information content (AvgIpc) is 3.10. The monoisotopic (exact) mass is 370 g/mol. The number of aliphatic hydroxyl groups is 1. The molecule has 4 nitrogen and oxygen atoms in total. The topological polar surface area (TPSA) is 47.9 Å². The normalized spacial score (nSPS) is 16.4. The highest BCUT2D eigenvalue weighted by Gasteiger charge is 2.18. The highest BCUT2D eigenvalue weighted by atomic mass is 16.7. The largest absolute Gasteiger partial charge is 0.459 e. The van der Waals surface area contributed by atoms with Gasteiger partial charge in [0.15, 0.2) is 5.76 Å². The number of ether oxygens (including phenoxy) is 3. The fourth-order valence-electron chi connectivity index (χ4n) is 3.24. The van der Waals surface area contributed by atoms with Gasteiger partial charge in [-0.1, -0.05) is 84.0 Å². The lowest BCUT2D eigenvalue weighted by molar-refractivity contribution is -0.0472. The van der Waals surface area contributed by atoms with Crippen molar-refractivity contribution >= 4 is 0 Å². The Balaban J connectivity index is 1.77. The van der Waals surface area contributed by atoms with E-state index in [-0.39, 0.29) is 12.9 Å². The minimum atomic E-state index is -0.126. The number of unbranched alkanes of at least 4 members (excludes halogenated alkanes) is 12. The first-order valence-electron chi connectivity index (χ1n) is 11.1. The molecule has 1 aliphatic heterocycles. The Morgan fingerprint density at radius 1 is 0.846 bits per heavy atom. The van der Waals surface area contributed by atoms with E-state index in [1.807, 2.05) is 0 Å². The second kappa shape index (κ2) is 17.7. The molecule has 0 fully saturated rings. The summed E-state index contributed by atoms with van der Waals surface area (Å²) < 4.78 is 16.6. The molecule has 1 atom stereocenters. The molecule has 0 amide bonds. The Hall–Kier alpha value is -0.740. The van der Waals surface area contributed by atoms with Gasteiger partial charge < -0.3 is 19.3 Å². The van der Waals surface area contributed by atoms with E-state index in [2.05, 4.69) is 6.92 Å². The lowest BCUT2D eigenvalue weighted by Crippen LogP contribution is -2.10. The van der Waals surface area contributed by atoms with E-state index in [1.165, 1.54) is 77.0 Å². The summed E-state index contributed by atoms with van der Waals surface area (Å²) in [6.07, 6.45) is 21.0. The number of hydrogen-bond donors (Lipinski definition) is 1. The van der Waals surface area contributed by atoms with Crippen molar-refractivity contribution in [1.29, 1.82) is 0 Å². The molecule has 0 spiro atoms. The van der Waals surface area contributed by atoms with Crippen LogP contribution in [0.4, 0.5) is 0 Å². The zero-order chi connectivity index (χ0) is 18.7. The minimum Gasteiger partial charge on any atom is -0.459 e. The first kappa shape index (κ1) is 23.3. The maximum atomic E-state index is 8.70. The molecular weight excluding hydrogens is 328 g/mol. The first-order chi connectivity index (χ1) is 12.9. The molecule has 0 bridgehead atoms. The minimum absolute atomic E-state index is 0.126. The van der Waals surface area contributed by atoms with Gasteiger partial charge >= 0.3 is 0 Å². The lowest BCUT2D eigenvalue weighted by Gasteiger charge is -2.12. The van der Waals surface area contributed by atoms with Crippen LogP contribution in [-0.4, -0.2) is 31.2 Å². The molecule has 1 heterocycles. The third-order valence-electron chi connectivity index (χ3n) is 4.87. The average molecular weight is 371 g/mol. The van der Waals surface area contributed by atoms with Gasteiger partial charge in [-0.05, 0) is 12.8 Å². The third-order valence-corrected chi connectivity index (χ3v) is 4.87. The van der Waals surface area contributed by atoms with Crippen molar-refractivity contribution in [2.75, 3.05) is 19.8 Å². The van der Waals surface area contributed by atoms with Crippen LogP contribution >= 0.6 is 0 Å². The lowest BCUT2D eigenvalue weighted by atomic mass is 10.0. The van der Waals surface area contributed by atoms with Gasteiger partial charge in [-0.15, -0.1) is 0 Å². The Morgan fingerprint density at radius 3 is 2.00 bits per heavy atom. The summed E-state index contributed by atoms with van der Waals surface area (Å²) in [6.45, 7) is 3.44. The smallest absolute Gasteiger partial charge is 0.240 e. The summed E-state index contributed by atoms with van der Waals surface area (Å²) in [6, 6.07) is 0. The van der Waals surface area contributed by atoms with Crippen molar-refractivity contribution in [3.63, 3.8) is 0 Å². The van der Waals surface area contributed by atoms with Crippen LogP contribution in [0.15, 0.2) is 12.0 Å². The van der Waals surface area contributed by atoms with Crippen molar-refractivity contribution in [3.05, 3.63) is 12.0 Å². The van der Waals surface area contributed by atoms with Crippen LogP contribution in [0.2, 0.25) is 0 Å². The second-order valence-electron chi connectivity index (χ2n) is 7.43. The molecule has 4 heteroatoms. The zero-order valence-corrected chi connectivity index (χ0v) is 17.1. The van der Waals surface area contributed by atoms with E-state index >= 15 is 0 Å². The predicted molar refractivity (Wildman–Crippen MR) is 107 cm³/mol. The van der Waals surface area contributed by atoms with Crippen molar-refractivity contribution in [2.24, 2.45) is 0 Å². The Morgan fingerprint density at radius 2 is 1.42 bits per heavy atom. The standard InChI is InChI=1S/C22H42O4/c1-2-3-4-5-6-7-8-9-10-11-12-13-14-16-22-25-20-21(26-22)19-24-18-15-17-23/h20,22-23H,2-19H2,1H3. The molecule has 0 aromatic carbocycles. The first-order valence-corrected chi connectivity index (χ1v) is 11.1. The van der Waals surface area contributed by atoms with Crippen LogP contribution in [0.1, 0.15) is 103 Å². The number of aliphatic hydroxyl groups excluding tert-OH is 1. The van der Waals surface area contributed by atoms with E-state index in [9.17, 15) is 0 Å². The molecule has 0 saturated carbocycles. The van der Waals surface area contributed by atoms with E-state index < -0.39 is 0 Å².